The molecule has 52 heavy (non-hydrogen) atoms. The highest BCUT2D eigenvalue weighted by atomic mass is 14.5. The molecule has 0 aromatic carbocycles. The van der Waals surface area contributed by atoms with Crippen molar-refractivity contribution in [1.29, 1.82) is 0 Å². The van der Waals surface area contributed by atoms with Crippen LogP contribution in [0.5, 0.6) is 0 Å². The Morgan fingerprint density at radius 3 is 0.212 bits per heavy atom. The van der Waals surface area contributed by atoms with E-state index in [-0.39, 0.29) is 0 Å². The number of hydrogen-bond acceptors (Lipinski definition) is 2. The van der Waals surface area contributed by atoms with Gasteiger partial charge in [0.05, 0.1) is 0 Å². The second kappa shape index (κ2) is 50.9. The molecule has 0 amide bonds. The van der Waals surface area contributed by atoms with Crippen LogP contribution in [-0.4, -0.2) is 13.1 Å². The van der Waals surface area contributed by atoms with E-state index in [0.29, 0.717) is 0 Å². The highest BCUT2D eigenvalue weighted by molar-refractivity contribution is 4.54. The van der Waals surface area contributed by atoms with Crippen LogP contribution in [0.3, 0.4) is 0 Å². The zero-order chi connectivity index (χ0) is 37.4. The quantitative estimate of drug-likeness (QED) is 0.0612. The van der Waals surface area contributed by atoms with Crippen LogP contribution in [0, 0.1) is 0 Å². The Kier molecular flexibility index (Phi) is 50.8. The minimum atomic E-state index is 0.874. The fourth-order valence-electron chi connectivity index (χ4n) is 8.42. The summed E-state index contributed by atoms with van der Waals surface area (Å²) in [6, 6.07) is 0. The summed E-state index contributed by atoms with van der Waals surface area (Å²) in [4.78, 5) is 0. The standard InChI is InChI=1S/C50H104N2/c51-49-47-45-43-41-39-37-35-33-31-29-27-25-23-21-19-17-15-13-11-9-7-5-3-1-2-4-6-8-10-12-14-16-18-20-22-24-26-28-30-32-34-36-38-40-42-44-46-48-50-52/h1-52H2. The predicted molar refractivity (Wildman–Crippen MR) is 240 cm³/mol. The van der Waals surface area contributed by atoms with E-state index in [0.717, 1.165) is 13.1 Å². The Morgan fingerprint density at radius 2 is 0.154 bits per heavy atom. The highest BCUT2D eigenvalue weighted by Crippen LogP contribution is 2.18. The van der Waals surface area contributed by atoms with Crippen LogP contribution in [0.2, 0.25) is 0 Å². The van der Waals surface area contributed by atoms with Crippen molar-refractivity contribution in [1.82, 2.24) is 0 Å². The Morgan fingerprint density at radius 1 is 0.0962 bits per heavy atom. The predicted octanol–water partition coefficient (Wildman–Crippen LogP) is 17.6. The van der Waals surface area contributed by atoms with E-state index in [1.54, 1.807) is 0 Å². The molecule has 4 N–H and O–H groups in total. The van der Waals surface area contributed by atoms with Crippen molar-refractivity contribution in [3.63, 3.8) is 0 Å². The molecule has 0 saturated carbocycles. The minimum absolute atomic E-state index is 0.874. The summed E-state index contributed by atoms with van der Waals surface area (Å²) in [5, 5.41) is 0. The smallest absolute Gasteiger partial charge is 0.00773 e. The van der Waals surface area contributed by atoms with E-state index in [4.69, 9.17) is 11.5 Å². The number of rotatable bonds is 49. The van der Waals surface area contributed by atoms with Crippen LogP contribution >= 0.6 is 0 Å². The Bertz CT molecular complexity index is 527. The first kappa shape index (κ1) is 51.9. The zero-order valence-electron chi connectivity index (χ0n) is 36.5. The van der Waals surface area contributed by atoms with Gasteiger partial charge in [-0.25, -0.2) is 0 Å². The van der Waals surface area contributed by atoms with Crippen molar-refractivity contribution in [2.24, 2.45) is 11.5 Å². The largest absolute Gasteiger partial charge is 0.330 e. The fraction of sp³-hybridized carbons (Fsp3) is 1.00. The second-order valence-corrected chi connectivity index (χ2v) is 17.5. The molecule has 2 nitrogen and oxygen atoms in total. The van der Waals surface area contributed by atoms with E-state index in [1.807, 2.05) is 0 Å². The van der Waals surface area contributed by atoms with Crippen LogP contribution in [0.1, 0.15) is 308 Å². The van der Waals surface area contributed by atoms with Crippen molar-refractivity contribution in [2.45, 2.75) is 308 Å². The first-order chi connectivity index (χ1) is 25.9. The van der Waals surface area contributed by atoms with Crippen LogP contribution < -0.4 is 11.5 Å². The summed E-state index contributed by atoms with van der Waals surface area (Å²) in [7, 11) is 0. The molecule has 0 rings (SSSR count). The van der Waals surface area contributed by atoms with E-state index in [9.17, 15) is 0 Å². The molecule has 0 saturated heterocycles. The molecular formula is C50H104N2. The maximum Gasteiger partial charge on any atom is -0.00773 e. The molecule has 0 heterocycles. The normalized spacial score (nSPS) is 11.7. The van der Waals surface area contributed by atoms with Gasteiger partial charge in [-0.2, -0.15) is 0 Å². The van der Waals surface area contributed by atoms with Crippen LogP contribution in [0.25, 0.3) is 0 Å². The van der Waals surface area contributed by atoms with Crippen LogP contribution in [-0.2, 0) is 0 Å². The first-order valence-electron chi connectivity index (χ1n) is 25.3. The molecule has 0 aliphatic carbocycles. The van der Waals surface area contributed by atoms with Gasteiger partial charge in [-0.3, -0.25) is 0 Å². The van der Waals surface area contributed by atoms with E-state index in [2.05, 4.69) is 0 Å². The lowest BCUT2D eigenvalue weighted by Gasteiger charge is -2.05. The summed E-state index contributed by atoms with van der Waals surface area (Å²) in [5.41, 5.74) is 11.1. The van der Waals surface area contributed by atoms with Gasteiger partial charge in [0.25, 0.3) is 0 Å². The maximum atomic E-state index is 5.56. The average Bonchev–Trinajstić information content (AvgIpc) is 3.16. The topological polar surface area (TPSA) is 52.0 Å². The third kappa shape index (κ3) is 49.9. The summed E-state index contributed by atoms with van der Waals surface area (Å²) in [6.07, 6.45) is 70.1. The number of hydrogen-bond donors (Lipinski definition) is 2. The van der Waals surface area contributed by atoms with Crippen molar-refractivity contribution in [3.05, 3.63) is 0 Å². The second-order valence-electron chi connectivity index (χ2n) is 17.5. The Balaban J connectivity index is 3.04. The van der Waals surface area contributed by atoms with Gasteiger partial charge < -0.3 is 11.5 Å². The van der Waals surface area contributed by atoms with Gasteiger partial charge >= 0.3 is 0 Å². The minimum Gasteiger partial charge on any atom is -0.330 e. The fourth-order valence-corrected chi connectivity index (χ4v) is 8.42. The van der Waals surface area contributed by atoms with Gasteiger partial charge in [-0.05, 0) is 25.9 Å². The van der Waals surface area contributed by atoms with Gasteiger partial charge in [0.2, 0.25) is 0 Å². The lowest BCUT2D eigenvalue weighted by atomic mass is 10.0. The molecule has 0 unspecified atom stereocenters. The zero-order valence-corrected chi connectivity index (χ0v) is 36.5. The molecule has 0 fully saturated rings. The van der Waals surface area contributed by atoms with Gasteiger partial charge in [-0.15, -0.1) is 0 Å². The van der Waals surface area contributed by atoms with Gasteiger partial charge in [0.1, 0.15) is 0 Å². The first-order valence-corrected chi connectivity index (χ1v) is 25.3. The third-order valence-corrected chi connectivity index (χ3v) is 12.2. The summed E-state index contributed by atoms with van der Waals surface area (Å²) < 4.78 is 0. The molecule has 0 atom stereocenters. The van der Waals surface area contributed by atoms with Crippen LogP contribution in [0.4, 0.5) is 0 Å². The number of nitrogens with two attached hydrogens (primary N) is 2. The van der Waals surface area contributed by atoms with Crippen molar-refractivity contribution in [2.75, 3.05) is 13.1 Å². The van der Waals surface area contributed by atoms with Gasteiger partial charge in [-0.1, -0.05) is 295 Å². The molecule has 0 spiro atoms. The average molecular weight is 733 g/mol. The van der Waals surface area contributed by atoms with Crippen molar-refractivity contribution < 1.29 is 0 Å². The summed E-state index contributed by atoms with van der Waals surface area (Å²) in [5.74, 6) is 0. The Labute approximate surface area is 331 Å². The third-order valence-electron chi connectivity index (χ3n) is 12.2. The van der Waals surface area contributed by atoms with Crippen LogP contribution in [0.15, 0.2) is 0 Å². The lowest BCUT2D eigenvalue weighted by Crippen LogP contribution is -1.97. The van der Waals surface area contributed by atoms with Gasteiger partial charge in [0, 0.05) is 0 Å². The van der Waals surface area contributed by atoms with E-state index >= 15 is 0 Å². The van der Waals surface area contributed by atoms with E-state index in [1.165, 1.54) is 308 Å². The van der Waals surface area contributed by atoms with E-state index < -0.39 is 0 Å². The molecule has 0 aliphatic heterocycles. The molecule has 2 heteroatoms. The van der Waals surface area contributed by atoms with Gasteiger partial charge in [0.15, 0.2) is 0 Å². The lowest BCUT2D eigenvalue weighted by molar-refractivity contribution is 0.508. The monoisotopic (exact) mass is 733 g/mol. The molecular weight excluding hydrogens is 629 g/mol. The molecule has 0 aromatic heterocycles. The molecule has 314 valence electrons. The molecule has 0 radical (unpaired) electrons. The van der Waals surface area contributed by atoms with Crippen molar-refractivity contribution in [3.8, 4) is 0 Å². The Hall–Kier alpha value is -0.0800. The summed E-state index contributed by atoms with van der Waals surface area (Å²) in [6.45, 7) is 1.75. The molecule has 0 aromatic rings. The maximum absolute atomic E-state index is 5.56. The SMILES string of the molecule is NCCCCCCCCCCCCCCCCCCCCCCCCCCCCCCCCCCCCCCCCCCCCCCCCCCN. The highest BCUT2D eigenvalue weighted by Gasteiger charge is 1.99. The number of unbranched alkanes of at least 4 members (excludes halogenated alkanes) is 47. The molecule has 0 aliphatic rings. The molecule has 0 bridgehead atoms. The van der Waals surface area contributed by atoms with Crippen molar-refractivity contribution >= 4 is 0 Å². The summed E-state index contributed by atoms with van der Waals surface area (Å²) >= 11 is 0.